The molecule has 34 heavy (non-hydrogen) atoms. The summed E-state index contributed by atoms with van der Waals surface area (Å²) in [6.45, 7) is 0. The van der Waals surface area contributed by atoms with Crippen LogP contribution in [0.2, 0.25) is 0 Å². The zero-order chi connectivity index (χ0) is 24.1. The lowest BCUT2D eigenvalue weighted by molar-refractivity contribution is -0.141. The number of benzene rings is 2. The van der Waals surface area contributed by atoms with Gasteiger partial charge in [0.15, 0.2) is 0 Å². The first kappa shape index (κ1) is 23.1. The van der Waals surface area contributed by atoms with Crippen molar-refractivity contribution < 1.29 is 22.1 Å². The Labute approximate surface area is 196 Å². The highest BCUT2D eigenvalue weighted by Crippen LogP contribution is 2.32. The minimum Gasteiger partial charge on any atom is -0.457 e. The number of ether oxygens (including phenoxy) is 1. The lowest BCUT2D eigenvalue weighted by atomic mass is 10.1. The van der Waals surface area contributed by atoms with Crippen molar-refractivity contribution in [2.45, 2.75) is 6.18 Å². The molecule has 2 heterocycles. The van der Waals surface area contributed by atoms with Crippen molar-refractivity contribution in [2.24, 2.45) is 5.14 Å². The fourth-order valence-electron chi connectivity index (χ4n) is 2.93. The predicted octanol–water partition coefficient (Wildman–Crippen LogP) is 5.58. The molecule has 4 rings (SSSR count). The Balaban J connectivity index is 1.47. The van der Waals surface area contributed by atoms with E-state index in [4.69, 9.17) is 19.8 Å². The fourth-order valence-corrected chi connectivity index (χ4v) is 3.16. The SMILES string of the molecule is NSOc1ccc(-c2cc(Nc3ccc(Oc4ccnc(C(F)(F)F)c4)cc3)nc(N)n2)cc1. The van der Waals surface area contributed by atoms with Crippen LogP contribution in [0.1, 0.15) is 5.69 Å². The van der Waals surface area contributed by atoms with Crippen LogP contribution in [-0.2, 0) is 6.18 Å². The number of hydrogen-bond acceptors (Lipinski definition) is 9. The van der Waals surface area contributed by atoms with E-state index in [1.54, 1.807) is 42.5 Å². The van der Waals surface area contributed by atoms with Crippen molar-refractivity contribution in [1.82, 2.24) is 15.0 Å². The molecular weight excluding hydrogens is 469 g/mol. The summed E-state index contributed by atoms with van der Waals surface area (Å²) in [6, 6.07) is 17.6. The van der Waals surface area contributed by atoms with Crippen LogP contribution >= 0.6 is 12.2 Å². The quantitative estimate of drug-likeness (QED) is 0.227. The highest BCUT2D eigenvalue weighted by Gasteiger charge is 2.32. The van der Waals surface area contributed by atoms with Crippen LogP contribution in [0.25, 0.3) is 11.3 Å². The predicted molar refractivity (Wildman–Crippen MR) is 123 cm³/mol. The second kappa shape index (κ2) is 9.85. The molecule has 0 atom stereocenters. The van der Waals surface area contributed by atoms with Gasteiger partial charge in [-0.25, -0.2) is 10.1 Å². The zero-order valence-electron chi connectivity index (χ0n) is 17.3. The highest BCUT2D eigenvalue weighted by molar-refractivity contribution is 7.92. The molecule has 0 amide bonds. The summed E-state index contributed by atoms with van der Waals surface area (Å²) in [5.41, 5.74) is 6.89. The molecule has 0 aliphatic carbocycles. The maximum absolute atomic E-state index is 12.8. The number of alkyl halides is 3. The van der Waals surface area contributed by atoms with Crippen LogP contribution in [-0.4, -0.2) is 15.0 Å². The number of pyridine rings is 1. The molecule has 174 valence electrons. The summed E-state index contributed by atoms with van der Waals surface area (Å²) >= 11 is 0.753. The van der Waals surface area contributed by atoms with Gasteiger partial charge in [-0.2, -0.15) is 18.2 Å². The van der Waals surface area contributed by atoms with E-state index in [0.29, 0.717) is 28.7 Å². The molecule has 0 saturated heterocycles. The largest absolute Gasteiger partial charge is 0.457 e. The zero-order valence-corrected chi connectivity index (χ0v) is 18.1. The molecule has 0 radical (unpaired) electrons. The number of aromatic nitrogens is 3. The van der Waals surface area contributed by atoms with E-state index in [-0.39, 0.29) is 11.7 Å². The third-order valence-corrected chi connectivity index (χ3v) is 4.71. The molecule has 0 fully saturated rings. The Morgan fingerprint density at radius 2 is 1.56 bits per heavy atom. The molecule has 2 aromatic carbocycles. The minimum atomic E-state index is -4.55. The van der Waals surface area contributed by atoms with Gasteiger partial charge in [-0.1, -0.05) is 0 Å². The highest BCUT2D eigenvalue weighted by atomic mass is 32.2. The first-order chi connectivity index (χ1) is 16.3. The van der Waals surface area contributed by atoms with Crippen molar-refractivity contribution in [3.05, 3.63) is 78.6 Å². The molecule has 0 saturated carbocycles. The average Bonchev–Trinajstić information content (AvgIpc) is 2.80. The van der Waals surface area contributed by atoms with Crippen molar-refractivity contribution in [3.8, 4) is 28.5 Å². The van der Waals surface area contributed by atoms with E-state index in [1.165, 1.54) is 6.07 Å². The molecule has 0 aliphatic heterocycles. The summed E-state index contributed by atoms with van der Waals surface area (Å²) in [4.78, 5) is 11.8. The molecule has 0 spiro atoms. The second-order valence-electron chi connectivity index (χ2n) is 6.83. The van der Waals surface area contributed by atoms with Crippen molar-refractivity contribution in [1.29, 1.82) is 0 Å². The van der Waals surface area contributed by atoms with E-state index in [1.807, 2.05) is 12.1 Å². The number of nitrogens with one attached hydrogen (secondary N) is 1. The van der Waals surface area contributed by atoms with Gasteiger partial charge in [-0.05, 0) is 54.6 Å². The molecule has 2 aromatic heterocycles. The van der Waals surface area contributed by atoms with Gasteiger partial charge in [0.25, 0.3) is 0 Å². The Hall–Kier alpha value is -4.03. The van der Waals surface area contributed by atoms with E-state index < -0.39 is 11.9 Å². The number of anilines is 3. The van der Waals surface area contributed by atoms with Crippen LogP contribution < -0.4 is 25.1 Å². The smallest absolute Gasteiger partial charge is 0.433 e. The standard InChI is InChI=1S/C22H17F3N6O2S/c23-22(24,25)19-11-17(9-10-28-19)32-15-7-3-14(4-8-15)29-20-12-18(30-21(26)31-20)13-1-5-16(6-2-13)33-34-27/h1-12H,27H2,(H3,26,29,30,31). The van der Waals surface area contributed by atoms with E-state index in [0.717, 1.165) is 30.1 Å². The van der Waals surface area contributed by atoms with Gasteiger partial charge in [-0.15, -0.1) is 0 Å². The van der Waals surface area contributed by atoms with Crippen molar-refractivity contribution in [3.63, 3.8) is 0 Å². The Kier molecular flexibility index (Phi) is 6.70. The van der Waals surface area contributed by atoms with Gasteiger partial charge < -0.3 is 20.0 Å². The van der Waals surface area contributed by atoms with Crippen molar-refractivity contribution >= 4 is 29.7 Å². The third kappa shape index (κ3) is 5.85. The molecule has 0 unspecified atom stereocenters. The molecule has 5 N–H and O–H groups in total. The number of nitrogen functional groups attached to an aromatic ring is 1. The fraction of sp³-hybridized carbons (Fsp3) is 0.0455. The Morgan fingerprint density at radius 3 is 2.24 bits per heavy atom. The first-order valence-corrected chi connectivity index (χ1v) is 10.5. The maximum Gasteiger partial charge on any atom is 0.433 e. The summed E-state index contributed by atoms with van der Waals surface area (Å²) in [6.07, 6.45) is -3.51. The van der Waals surface area contributed by atoms with Gasteiger partial charge in [0.05, 0.1) is 5.69 Å². The monoisotopic (exact) mass is 486 g/mol. The number of hydrogen-bond donors (Lipinski definition) is 3. The third-order valence-electron chi connectivity index (χ3n) is 4.42. The normalized spacial score (nSPS) is 11.2. The van der Waals surface area contributed by atoms with Gasteiger partial charge in [-0.3, -0.25) is 4.98 Å². The van der Waals surface area contributed by atoms with Gasteiger partial charge in [0.2, 0.25) is 5.95 Å². The summed E-state index contributed by atoms with van der Waals surface area (Å²) in [5, 5.41) is 8.41. The Bertz CT molecular complexity index is 1270. The Morgan fingerprint density at radius 1 is 0.853 bits per heavy atom. The van der Waals surface area contributed by atoms with Gasteiger partial charge >= 0.3 is 6.18 Å². The average molecular weight is 486 g/mol. The summed E-state index contributed by atoms with van der Waals surface area (Å²) in [5.74, 6) is 1.51. The van der Waals surface area contributed by atoms with E-state index >= 15 is 0 Å². The topological polar surface area (TPSA) is 121 Å². The van der Waals surface area contributed by atoms with Crippen LogP contribution in [0.3, 0.4) is 0 Å². The van der Waals surface area contributed by atoms with E-state index in [9.17, 15) is 13.2 Å². The van der Waals surface area contributed by atoms with Gasteiger partial charge in [0, 0.05) is 29.6 Å². The number of rotatable bonds is 7. The van der Waals surface area contributed by atoms with Crippen LogP contribution in [0, 0.1) is 0 Å². The summed E-state index contributed by atoms with van der Waals surface area (Å²) in [7, 11) is 0. The molecular formula is C22H17F3N6O2S. The molecule has 12 heteroatoms. The molecule has 4 aromatic rings. The first-order valence-electron chi connectivity index (χ1n) is 9.67. The second-order valence-corrected chi connectivity index (χ2v) is 7.19. The number of halogens is 3. The summed E-state index contributed by atoms with van der Waals surface area (Å²) < 4.78 is 49.1. The molecule has 8 nitrogen and oxygen atoms in total. The van der Waals surface area contributed by atoms with Crippen LogP contribution in [0.5, 0.6) is 17.2 Å². The molecule has 0 aliphatic rings. The minimum absolute atomic E-state index is 0.0257. The molecule has 0 bridgehead atoms. The van der Waals surface area contributed by atoms with Gasteiger partial charge in [0.1, 0.15) is 41.0 Å². The van der Waals surface area contributed by atoms with Crippen molar-refractivity contribution in [2.75, 3.05) is 11.1 Å². The lowest BCUT2D eigenvalue weighted by Crippen LogP contribution is -2.07. The van der Waals surface area contributed by atoms with Crippen LogP contribution in [0.15, 0.2) is 72.9 Å². The lowest BCUT2D eigenvalue weighted by Gasteiger charge is -2.11. The number of nitrogens with two attached hydrogens (primary N) is 2. The van der Waals surface area contributed by atoms with E-state index in [2.05, 4.69) is 20.3 Å². The van der Waals surface area contributed by atoms with Crippen LogP contribution in [0.4, 0.5) is 30.6 Å². The number of nitrogens with zero attached hydrogens (tertiary/aromatic N) is 3. The maximum atomic E-state index is 12.8.